The quantitative estimate of drug-likeness (QED) is 0.756. The van der Waals surface area contributed by atoms with Crippen molar-refractivity contribution in [1.29, 1.82) is 0 Å². The highest BCUT2D eigenvalue weighted by Gasteiger charge is 2.40. The number of imide groups is 1. The number of nitrogens with zero attached hydrogens (tertiary/aromatic N) is 1. The highest BCUT2D eigenvalue weighted by atomic mass is 32.2. The van der Waals surface area contributed by atoms with Gasteiger partial charge in [0, 0.05) is 12.1 Å². The highest BCUT2D eigenvalue weighted by Crippen LogP contribution is 2.30. The summed E-state index contributed by atoms with van der Waals surface area (Å²) in [5.41, 5.74) is 3.36. The summed E-state index contributed by atoms with van der Waals surface area (Å²) in [6.07, 6.45) is 0.103. The SMILES string of the molecule is COc1ccc(NC(=O)CS[C@H]2CC(=O)N(c3ccc(C)c(C)c3)C2=O)cc1. The first kappa shape index (κ1) is 19.9. The Labute approximate surface area is 168 Å². The summed E-state index contributed by atoms with van der Waals surface area (Å²) in [5.74, 6) is 0.0713. The van der Waals surface area contributed by atoms with Crippen molar-refractivity contribution in [3.05, 3.63) is 53.6 Å². The molecule has 0 spiro atoms. The summed E-state index contributed by atoms with van der Waals surface area (Å²) in [7, 11) is 1.57. The van der Waals surface area contributed by atoms with Crippen LogP contribution in [0.2, 0.25) is 0 Å². The van der Waals surface area contributed by atoms with E-state index in [0.29, 0.717) is 17.1 Å². The molecule has 2 aromatic rings. The van der Waals surface area contributed by atoms with Gasteiger partial charge in [0.25, 0.3) is 0 Å². The smallest absolute Gasteiger partial charge is 0.247 e. The Kier molecular flexibility index (Phi) is 6.04. The average Bonchev–Trinajstić information content (AvgIpc) is 2.96. The van der Waals surface area contributed by atoms with E-state index in [1.165, 1.54) is 16.7 Å². The van der Waals surface area contributed by atoms with Gasteiger partial charge in [-0.1, -0.05) is 6.07 Å². The predicted molar refractivity (Wildman–Crippen MR) is 111 cm³/mol. The Balaban J connectivity index is 1.58. The molecule has 0 aromatic heterocycles. The molecule has 7 heteroatoms. The number of carbonyl (C=O) groups excluding carboxylic acids is 3. The van der Waals surface area contributed by atoms with E-state index in [0.717, 1.165) is 11.1 Å². The molecule has 2 aromatic carbocycles. The maximum Gasteiger partial charge on any atom is 0.247 e. The molecular weight excluding hydrogens is 376 g/mol. The lowest BCUT2D eigenvalue weighted by Gasteiger charge is -2.16. The molecule has 1 aliphatic heterocycles. The molecule has 1 atom stereocenters. The van der Waals surface area contributed by atoms with Crippen LogP contribution >= 0.6 is 11.8 Å². The number of hydrogen-bond acceptors (Lipinski definition) is 5. The summed E-state index contributed by atoms with van der Waals surface area (Å²) in [6.45, 7) is 3.92. The molecule has 1 aliphatic rings. The summed E-state index contributed by atoms with van der Waals surface area (Å²) < 4.78 is 5.08. The lowest BCUT2D eigenvalue weighted by Crippen LogP contribution is -2.31. The van der Waals surface area contributed by atoms with Crippen LogP contribution in [-0.2, 0) is 14.4 Å². The number of thioether (sulfide) groups is 1. The minimum atomic E-state index is -0.546. The van der Waals surface area contributed by atoms with Gasteiger partial charge in [-0.3, -0.25) is 14.4 Å². The van der Waals surface area contributed by atoms with Gasteiger partial charge < -0.3 is 10.1 Å². The van der Waals surface area contributed by atoms with Crippen LogP contribution in [0.3, 0.4) is 0 Å². The number of nitrogens with one attached hydrogen (secondary N) is 1. The average molecular weight is 398 g/mol. The van der Waals surface area contributed by atoms with Crippen LogP contribution in [0.25, 0.3) is 0 Å². The molecule has 1 saturated heterocycles. The number of methoxy groups -OCH3 is 1. The number of aryl methyl sites for hydroxylation is 2. The molecular formula is C21H22N2O4S. The van der Waals surface area contributed by atoms with E-state index in [1.807, 2.05) is 26.0 Å². The molecule has 0 aliphatic carbocycles. The van der Waals surface area contributed by atoms with Crippen LogP contribution in [0.1, 0.15) is 17.5 Å². The summed E-state index contributed by atoms with van der Waals surface area (Å²) in [5, 5.41) is 2.23. The standard InChI is InChI=1S/C21H22N2O4S/c1-13-4-7-16(10-14(13)2)23-20(25)11-18(21(23)26)28-12-19(24)22-15-5-8-17(27-3)9-6-15/h4-10,18H,11-12H2,1-3H3,(H,22,24)/t18-/m0/s1. The second-order valence-electron chi connectivity index (χ2n) is 6.62. The molecule has 1 heterocycles. The van der Waals surface area contributed by atoms with E-state index in [2.05, 4.69) is 5.32 Å². The van der Waals surface area contributed by atoms with Crippen LogP contribution in [0, 0.1) is 13.8 Å². The molecule has 3 amide bonds. The van der Waals surface area contributed by atoms with Crippen LogP contribution in [0.4, 0.5) is 11.4 Å². The zero-order valence-corrected chi connectivity index (χ0v) is 16.8. The number of benzene rings is 2. The van der Waals surface area contributed by atoms with Gasteiger partial charge >= 0.3 is 0 Å². The Bertz CT molecular complexity index is 911. The van der Waals surface area contributed by atoms with E-state index in [4.69, 9.17) is 4.74 Å². The van der Waals surface area contributed by atoms with Crippen molar-refractivity contribution in [3.8, 4) is 5.75 Å². The molecule has 1 N–H and O–H groups in total. The molecule has 1 fully saturated rings. The summed E-state index contributed by atoms with van der Waals surface area (Å²) in [4.78, 5) is 38.5. The first-order valence-corrected chi connectivity index (χ1v) is 9.93. The molecule has 3 rings (SSSR count). The minimum Gasteiger partial charge on any atom is -0.497 e. The van der Waals surface area contributed by atoms with Crippen molar-refractivity contribution < 1.29 is 19.1 Å². The number of anilines is 2. The van der Waals surface area contributed by atoms with Crippen molar-refractivity contribution >= 4 is 40.9 Å². The highest BCUT2D eigenvalue weighted by molar-refractivity contribution is 8.01. The van der Waals surface area contributed by atoms with E-state index < -0.39 is 5.25 Å². The minimum absolute atomic E-state index is 0.0937. The zero-order valence-electron chi connectivity index (χ0n) is 16.0. The Morgan fingerprint density at radius 2 is 1.86 bits per heavy atom. The van der Waals surface area contributed by atoms with Crippen LogP contribution in [0.5, 0.6) is 5.75 Å². The third-order valence-corrected chi connectivity index (χ3v) is 5.84. The van der Waals surface area contributed by atoms with Gasteiger partial charge in [0.15, 0.2) is 0 Å². The number of ether oxygens (including phenoxy) is 1. The monoisotopic (exact) mass is 398 g/mol. The Hall–Kier alpha value is -2.80. The molecule has 6 nitrogen and oxygen atoms in total. The van der Waals surface area contributed by atoms with E-state index >= 15 is 0 Å². The number of rotatable bonds is 6. The Morgan fingerprint density at radius 1 is 1.14 bits per heavy atom. The lowest BCUT2D eigenvalue weighted by atomic mass is 10.1. The predicted octanol–water partition coefficient (Wildman–Crippen LogP) is 3.32. The lowest BCUT2D eigenvalue weighted by molar-refractivity contribution is -0.121. The molecule has 0 radical (unpaired) electrons. The topological polar surface area (TPSA) is 75.7 Å². The molecule has 0 saturated carbocycles. The van der Waals surface area contributed by atoms with Crippen molar-refractivity contribution in [2.24, 2.45) is 0 Å². The molecule has 0 unspecified atom stereocenters. The van der Waals surface area contributed by atoms with E-state index in [-0.39, 0.29) is 29.9 Å². The van der Waals surface area contributed by atoms with E-state index in [1.54, 1.807) is 37.4 Å². The first-order chi connectivity index (χ1) is 13.4. The van der Waals surface area contributed by atoms with Crippen molar-refractivity contribution in [1.82, 2.24) is 0 Å². The van der Waals surface area contributed by atoms with Gasteiger partial charge in [0.1, 0.15) is 5.75 Å². The normalized spacial score (nSPS) is 16.4. The molecule has 0 bridgehead atoms. The van der Waals surface area contributed by atoms with Gasteiger partial charge in [-0.05, 0) is 61.4 Å². The van der Waals surface area contributed by atoms with E-state index in [9.17, 15) is 14.4 Å². The zero-order chi connectivity index (χ0) is 20.3. The fourth-order valence-electron chi connectivity index (χ4n) is 2.92. The maximum atomic E-state index is 12.7. The van der Waals surface area contributed by atoms with Crippen LogP contribution in [0.15, 0.2) is 42.5 Å². The summed E-state index contributed by atoms with van der Waals surface area (Å²) in [6, 6.07) is 12.5. The van der Waals surface area contributed by atoms with Crippen LogP contribution < -0.4 is 15.0 Å². The first-order valence-electron chi connectivity index (χ1n) is 8.88. The van der Waals surface area contributed by atoms with Gasteiger partial charge in [0.2, 0.25) is 17.7 Å². The van der Waals surface area contributed by atoms with Gasteiger partial charge in [-0.25, -0.2) is 4.90 Å². The number of hydrogen-bond donors (Lipinski definition) is 1. The van der Waals surface area contributed by atoms with Gasteiger partial charge in [-0.2, -0.15) is 0 Å². The second-order valence-corrected chi connectivity index (χ2v) is 7.81. The molecule has 28 heavy (non-hydrogen) atoms. The van der Waals surface area contributed by atoms with Crippen molar-refractivity contribution in [2.75, 3.05) is 23.1 Å². The van der Waals surface area contributed by atoms with Crippen molar-refractivity contribution in [3.63, 3.8) is 0 Å². The number of amides is 3. The van der Waals surface area contributed by atoms with Gasteiger partial charge in [0.05, 0.1) is 23.8 Å². The second kappa shape index (κ2) is 8.48. The van der Waals surface area contributed by atoms with Crippen molar-refractivity contribution in [2.45, 2.75) is 25.5 Å². The third kappa shape index (κ3) is 4.36. The maximum absolute atomic E-state index is 12.7. The third-order valence-electron chi connectivity index (χ3n) is 4.64. The molecule has 146 valence electrons. The Morgan fingerprint density at radius 3 is 2.50 bits per heavy atom. The number of carbonyl (C=O) groups is 3. The summed E-state index contributed by atoms with van der Waals surface area (Å²) >= 11 is 1.19. The van der Waals surface area contributed by atoms with Crippen LogP contribution in [-0.4, -0.2) is 35.8 Å². The largest absolute Gasteiger partial charge is 0.497 e. The fraction of sp³-hybridized carbons (Fsp3) is 0.286. The van der Waals surface area contributed by atoms with Gasteiger partial charge in [-0.15, -0.1) is 11.8 Å². The fourth-order valence-corrected chi connectivity index (χ4v) is 3.85.